The molecule has 2 aliphatic rings. The van der Waals surface area contributed by atoms with Gasteiger partial charge in [0.1, 0.15) is 5.78 Å². The number of hydrogen-bond acceptors (Lipinski definition) is 4. The normalized spacial score (nSPS) is 33.2. The van der Waals surface area contributed by atoms with Crippen LogP contribution in [0.15, 0.2) is 11.6 Å². The molecule has 0 saturated heterocycles. The lowest BCUT2D eigenvalue weighted by atomic mass is 9.77. The van der Waals surface area contributed by atoms with Gasteiger partial charge in [0.2, 0.25) is 0 Å². The van der Waals surface area contributed by atoms with Gasteiger partial charge in [-0.3, -0.25) is 4.79 Å². The number of ketones is 1. The quantitative estimate of drug-likeness (QED) is 0.706. The number of rotatable bonds is 2. The summed E-state index contributed by atoms with van der Waals surface area (Å²) < 4.78 is 4.93. The van der Waals surface area contributed by atoms with Gasteiger partial charge in [0.05, 0.1) is 18.6 Å². The Kier molecular flexibility index (Phi) is 3.10. The number of aliphatic hydroxyl groups is 1. The number of Topliss-reactive ketones (excluding diaryl/α,β-unsaturated/α-hetero) is 1. The van der Waals surface area contributed by atoms with E-state index in [1.165, 1.54) is 6.08 Å². The SMILES string of the molecule is CCOC(=O)C1=C[C@@H](O)[C@H]2C(=O)CCC[C@H]12. The van der Waals surface area contributed by atoms with Crippen molar-refractivity contribution in [1.82, 2.24) is 0 Å². The van der Waals surface area contributed by atoms with Crippen molar-refractivity contribution in [2.24, 2.45) is 11.8 Å². The number of esters is 1. The van der Waals surface area contributed by atoms with E-state index in [0.717, 1.165) is 12.8 Å². The lowest BCUT2D eigenvalue weighted by Crippen LogP contribution is -2.33. The Morgan fingerprint density at radius 2 is 2.38 bits per heavy atom. The molecule has 0 spiro atoms. The van der Waals surface area contributed by atoms with Gasteiger partial charge in [0, 0.05) is 17.9 Å². The molecular formula is C12H16O4. The van der Waals surface area contributed by atoms with Crippen molar-refractivity contribution in [2.45, 2.75) is 32.3 Å². The van der Waals surface area contributed by atoms with Crippen LogP contribution < -0.4 is 0 Å². The predicted octanol–water partition coefficient (Wildman–Crippen LogP) is 0.836. The molecular weight excluding hydrogens is 208 g/mol. The lowest BCUT2D eigenvalue weighted by molar-refractivity contribution is -0.139. The summed E-state index contributed by atoms with van der Waals surface area (Å²) >= 11 is 0. The Morgan fingerprint density at radius 3 is 3.06 bits per heavy atom. The summed E-state index contributed by atoms with van der Waals surface area (Å²) in [4.78, 5) is 23.3. The molecule has 0 radical (unpaired) electrons. The van der Waals surface area contributed by atoms with Crippen LogP contribution in [0.1, 0.15) is 26.2 Å². The van der Waals surface area contributed by atoms with Crippen molar-refractivity contribution >= 4 is 11.8 Å². The molecule has 2 rings (SSSR count). The summed E-state index contributed by atoms with van der Waals surface area (Å²) in [5.41, 5.74) is 0.493. The molecule has 88 valence electrons. The van der Waals surface area contributed by atoms with Crippen molar-refractivity contribution < 1.29 is 19.4 Å². The molecule has 1 N–H and O–H groups in total. The monoisotopic (exact) mass is 224 g/mol. The van der Waals surface area contributed by atoms with E-state index >= 15 is 0 Å². The molecule has 0 aromatic heterocycles. The van der Waals surface area contributed by atoms with E-state index in [0.29, 0.717) is 18.6 Å². The number of carbonyl (C=O) groups excluding carboxylic acids is 2. The molecule has 2 aliphatic carbocycles. The maximum Gasteiger partial charge on any atom is 0.334 e. The lowest BCUT2D eigenvalue weighted by Gasteiger charge is -2.27. The molecule has 0 unspecified atom stereocenters. The summed E-state index contributed by atoms with van der Waals surface area (Å²) in [5.74, 6) is -0.855. The molecule has 16 heavy (non-hydrogen) atoms. The summed E-state index contributed by atoms with van der Waals surface area (Å²) in [5, 5.41) is 9.78. The van der Waals surface area contributed by atoms with E-state index in [-0.39, 0.29) is 17.7 Å². The number of hydrogen-bond donors (Lipinski definition) is 1. The van der Waals surface area contributed by atoms with Gasteiger partial charge in [-0.05, 0) is 25.8 Å². The first-order valence-electron chi connectivity index (χ1n) is 5.74. The van der Waals surface area contributed by atoms with Crippen LogP contribution in [0.2, 0.25) is 0 Å². The van der Waals surface area contributed by atoms with Crippen molar-refractivity contribution in [3.63, 3.8) is 0 Å². The molecule has 4 heteroatoms. The zero-order valence-corrected chi connectivity index (χ0v) is 9.31. The van der Waals surface area contributed by atoms with Gasteiger partial charge >= 0.3 is 5.97 Å². The first-order chi connectivity index (χ1) is 7.65. The topological polar surface area (TPSA) is 63.6 Å². The number of fused-ring (bicyclic) bond motifs is 1. The minimum Gasteiger partial charge on any atom is -0.463 e. The van der Waals surface area contributed by atoms with E-state index in [1.54, 1.807) is 6.92 Å². The maximum absolute atomic E-state index is 11.7. The van der Waals surface area contributed by atoms with Crippen LogP contribution in [0, 0.1) is 11.8 Å². The minimum absolute atomic E-state index is 0.0688. The van der Waals surface area contributed by atoms with Gasteiger partial charge in [0.15, 0.2) is 0 Å². The molecule has 0 aromatic rings. The molecule has 0 bridgehead atoms. The predicted molar refractivity (Wildman–Crippen MR) is 56.6 cm³/mol. The molecule has 0 heterocycles. The third-order valence-electron chi connectivity index (χ3n) is 3.37. The Balaban J connectivity index is 2.19. The second-order valence-corrected chi connectivity index (χ2v) is 4.32. The molecule has 1 fully saturated rings. The standard InChI is InChI=1S/C12H16O4/c1-2-16-12(15)8-6-10(14)11-7(8)4-3-5-9(11)13/h6-7,10-11,14H,2-5H2,1H3/t7-,10-,11-/m1/s1. The number of carbonyl (C=O) groups is 2. The largest absolute Gasteiger partial charge is 0.463 e. The molecule has 4 nitrogen and oxygen atoms in total. The van der Waals surface area contributed by atoms with E-state index in [1.807, 2.05) is 0 Å². The molecule has 3 atom stereocenters. The van der Waals surface area contributed by atoms with Gasteiger partial charge in [0.25, 0.3) is 0 Å². The Labute approximate surface area is 94.3 Å². The highest BCUT2D eigenvalue weighted by Gasteiger charge is 2.45. The average molecular weight is 224 g/mol. The van der Waals surface area contributed by atoms with Gasteiger partial charge in [-0.25, -0.2) is 4.79 Å². The Hall–Kier alpha value is -1.16. The summed E-state index contributed by atoms with van der Waals surface area (Å²) in [7, 11) is 0. The molecule has 0 aromatic carbocycles. The van der Waals surface area contributed by atoms with Gasteiger partial charge in [-0.2, -0.15) is 0 Å². The van der Waals surface area contributed by atoms with Gasteiger partial charge in [-0.15, -0.1) is 0 Å². The van der Waals surface area contributed by atoms with Crippen LogP contribution >= 0.6 is 0 Å². The number of aliphatic hydroxyl groups excluding tert-OH is 1. The summed E-state index contributed by atoms with van der Waals surface area (Å²) in [6, 6.07) is 0. The third-order valence-corrected chi connectivity index (χ3v) is 3.37. The first kappa shape index (κ1) is 11.3. The minimum atomic E-state index is -0.808. The highest BCUT2D eigenvalue weighted by atomic mass is 16.5. The average Bonchev–Trinajstić information content (AvgIpc) is 2.58. The summed E-state index contributed by atoms with van der Waals surface area (Å²) in [6.45, 7) is 2.06. The van der Waals surface area contributed by atoms with Crippen LogP contribution in [0.25, 0.3) is 0 Å². The highest BCUT2D eigenvalue weighted by Crippen LogP contribution is 2.41. The maximum atomic E-state index is 11.7. The van der Waals surface area contributed by atoms with E-state index in [9.17, 15) is 14.7 Å². The zero-order chi connectivity index (χ0) is 11.7. The van der Waals surface area contributed by atoms with Crippen LogP contribution in [-0.4, -0.2) is 29.6 Å². The molecule has 1 saturated carbocycles. The van der Waals surface area contributed by atoms with Crippen molar-refractivity contribution in [2.75, 3.05) is 6.61 Å². The van der Waals surface area contributed by atoms with E-state index in [2.05, 4.69) is 0 Å². The smallest absolute Gasteiger partial charge is 0.334 e. The van der Waals surface area contributed by atoms with Gasteiger partial charge in [-0.1, -0.05) is 0 Å². The fourth-order valence-corrected chi connectivity index (χ4v) is 2.69. The van der Waals surface area contributed by atoms with Crippen LogP contribution in [0.4, 0.5) is 0 Å². The van der Waals surface area contributed by atoms with Crippen LogP contribution in [0.3, 0.4) is 0 Å². The van der Waals surface area contributed by atoms with Crippen LogP contribution in [-0.2, 0) is 14.3 Å². The highest BCUT2D eigenvalue weighted by molar-refractivity contribution is 5.94. The molecule has 0 aliphatic heterocycles. The fraction of sp³-hybridized carbons (Fsp3) is 0.667. The van der Waals surface area contributed by atoms with E-state index < -0.39 is 12.0 Å². The second-order valence-electron chi connectivity index (χ2n) is 4.32. The summed E-state index contributed by atoms with van der Waals surface area (Å²) in [6.07, 6.45) is 2.79. The fourth-order valence-electron chi connectivity index (χ4n) is 2.69. The van der Waals surface area contributed by atoms with Gasteiger partial charge < -0.3 is 9.84 Å². The van der Waals surface area contributed by atoms with Crippen molar-refractivity contribution in [1.29, 1.82) is 0 Å². The van der Waals surface area contributed by atoms with Crippen molar-refractivity contribution in [3.05, 3.63) is 11.6 Å². The zero-order valence-electron chi connectivity index (χ0n) is 9.31. The second kappa shape index (κ2) is 4.37. The third kappa shape index (κ3) is 1.78. The Bertz CT molecular complexity index is 345. The van der Waals surface area contributed by atoms with E-state index in [4.69, 9.17) is 4.74 Å². The molecule has 0 amide bonds. The van der Waals surface area contributed by atoms with Crippen molar-refractivity contribution in [3.8, 4) is 0 Å². The number of ether oxygens (including phenoxy) is 1. The van der Waals surface area contributed by atoms with Crippen LogP contribution in [0.5, 0.6) is 0 Å². The Morgan fingerprint density at radius 1 is 1.62 bits per heavy atom. The first-order valence-corrected chi connectivity index (χ1v) is 5.74.